The fraction of sp³-hybridized carbons (Fsp3) is 0.571. The second-order valence-corrected chi connectivity index (χ2v) is 4.81. The van der Waals surface area contributed by atoms with Crippen LogP contribution in [0.4, 0.5) is 0 Å². The standard InChI is InChI=1S/C14H21N3O3/c1-3-15-7-11-5-6-12(20-11)8-17-10-13(18)16(4-2)9-14(17)19/h5-6,15H,3-4,7-10H2,1-2H3. The summed E-state index contributed by atoms with van der Waals surface area (Å²) < 4.78 is 5.64. The summed E-state index contributed by atoms with van der Waals surface area (Å²) in [4.78, 5) is 26.9. The molecular formula is C14H21N3O3. The monoisotopic (exact) mass is 279 g/mol. The van der Waals surface area contributed by atoms with Crippen molar-refractivity contribution in [1.82, 2.24) is 15.1 Å². The second kappa shape index (κ2) is 6.56. The van der Waals surface area contributed by atoms with Crippen LogP contribution in [0, 0.1) is 0 Å². The van der Waals surface area contributed by atoms with Gasteiger partial charge in [0, 0.05) is 6.54 Å². The van der Waals surface area contributed by atoms with Crippen LogP contribution in [0.1, 0.15) is 25.4 Å². The molecule has 0 bridgehead atoms. The van der Waals surface area contributed by atoms with Gasteiger partial charge in [-0.25, -0.2) is 0 Å². The van der Waals surface area contributed by atoms with Gasteiger partial charge in [0.15, 0.2) is 0 Å². The molecule has 1 fully saturated rings. The molecule has 2 heterocycles. The zero-order valence-corrected chi connectivity index (χ0v) is 12.0. The maximum absolute atomic E-state index is 12.0. The molecule has 1 aromatic heterocycles. The van der Waals surface area contributed by atoms with Gasteiger partial charge in [-0.1, -0.05) is 6.92 Å². The van der Waals surface area contributed by atoms with Crippen LogP contribution >= 0.6 is 0 Å². The maximum Gasteiger partial charge on any atom is 0.243 e. The van der Waals surface area contributed by atoms with E-state index in [9.17, 15) is 9.59 Å². The highest BCUT2D eigenvalue weighted by molar-refractivity contribution is 5.92. The number of carbonyl (C=O) groups is 2. The van der Waals surface area contributed by atoms with E-state index in [1.807, 2.05) is 26.0 Å². The summed E-state index contributed by atoms with van der Waals surface area (Å²) in [5, 5.41) is 3.18. The van der Waals surface area contributed by atoms with E-state index in [2.05, 4.69) is 5.32 Å². The van der Waals surface area contributed by atoms with E-state index in [1.165, 1.54) is 0 Å². The Bertz CT molecular complexity index is 484. The van der Waals surface area contributed by atoms with Gasteiger partial charge in [0.05, 0.1) is 19.6 Å². The predicted molar refractivity (Wildman–Crippen MR) is 73.8 cm³/mol. The number of amides is 2. The zero-order valence-electron chi connectivity index (χ0n) is 12.0. The zero-order chi connectivity index (χ0) is 14.5. The number of rotatable bonds is 6. The Morgan fingerprint density at radius 1 is 1.10 bits per heavy atom. The van der Waals surface area contributed by atoms with Crippen LogP contribution in [0.2, 0.25) is 0 Å². The van der Waals surface area contributed by atoms with Crippen molar-refractivity contribution in [2.45, 2.75) is 26.9 Å². The van der Waals surface area contributed by atoms with Crippen molar-refractivity contribution < 1.29 is 14.0 Å². The first-order valence-electron chi connectivity index (χ1n) is 6.97. The van der Waals surface area contributed by atoms with Crippen molar-refractivity contribution in [2.24, 2.45) is 0 Å². The van der Waals surface area contributed by atoms with Crippen LogP contribution < -0.4 is 5.32 Å². The summed E-state index contributed by atoms with van der Waals surface area (Å²) in [6.07, 6.45) is 0. The molecule has 110 valence electrons. The number of hydrogen-bond donors (Lipinski definition) is 1. The molecule has 6 heteroatoms. The first kappa shape index (κ1) is 14.6. The average molecular weight is 279 g/mol. The fourth-order valence-corrected chi connectivity index (χ4v) is 2.17. The van der Waals surface area contributed by atoms with Crippen LogP contribution in [0.3, 0.4) is 0 Å². The van der Waals surface area contributed by atoms with E-state index in [4.69, 9.17) is 4.42 Å². The molecule has 0 atom stereocenters. The molecule has 1 N–H and O–H groups in total. The van der Waals surface area contributed by atoms with Crippen molar-refractivity contribution in [3.8, 4) is 0 Å². The Balaban J connectivity index is 1.94. The molecule has 0 aromatic carbocycles. The Hall–Kier alpha value is -1.82. The lowest BCUT2D eigenvalue weighted by atomic mass is 10.2. The van der Waals surface area contributed by atoms with Gasteiger partial charge in [-0.3, -0.25) is 9.59 Å². The minimum Gasteiger partial charge on any atom is -0.463 e. The number of nitrogens with zero attached hydrogens (tertiary/aromatic N) is 2. The summed E-state index contributed by atoms with van der Waals surface area (Å²) in [6, 6.07) is 3.75. The molecule has 1 aromatic rings. The Morgan fingerprint density at radius 3 is 2.45 bits per heavy atom. The van der Waals surface area contributed by atoms with Crippen LogP contribution in [0.15, 0.2) is 16.5 Å². The molecule has 20 heavy (non-hydrogen) atoms. The van der Waals surface area contributed by atoms with Gasteiger partial charge in [0.1, 0.15) is 18.1 Å². The second-order valence-electron chi connectivity index (χ2n) is 4.81. The molecule has 6 nitrogen and oxygen atoms in total. The summed E-state index contributed by atoms with van der Waals surface area (Å²) in [5.41, 5.74) is 0. The van der Waals surface area contributed by atoms with Crippen molar-refractivity contribution in [3.05, 3.63) is 23.7 Å². The lowest BCUT2D eigenvalue weighted by Gasteiger charge is -2.32. The van der Waals surface area contributed by atoms with Gasteiger partial charge in [0.25, 0.3) is 0 Å². The molecule has 1 saturated heterocycles. The molecule has 1 aliphatic rings. The van der Waals surface area contributed by atoms with E-state index < -0.39 is 0 Å². The first-order valence-corrected chi connectivity index (χ1v) is 6.97. The minimum atomic E-state index is -0.0314. The van der Waals surface area contributed by atoms with E-state index >= 15 is 0 Å². The lowest BCUT2D eigenvalue weighted by molar-refractivity contribution is -0.150. The molecular weight excluding hydrogens is 258 g/mol. The predicted octanol–water partition coefficient (Wildman–Crippen LogP) is 0.580. The van der Waals surface area contributed by atoms with Gasteiger partial charge in [0.2, 0.25) is 11.8 Å². The summed E-state index contributed by atoms with van der Waals surface area (Å²) >= 11 is 0. The molecule has 0 spiro atoms. The largest absolute Gasteiger partial charge is 0.463 e. The first-order chi connectivity index (χ1) is 9.63. The summed E-state index contributed by atoms with van der Waals surface area (Å²) in [7, 11) is 0. The molecule has 2 amide bonds. The quantitative estimate of drug-likeness (QED) is 0.827. The van der Waals surface area contributed by atoms with E-state index in [1.54, 1.807) is 9.80 Å². The highest BCUT2D eigenvalue weighted by Gasteiger charge is 2.29. The van der Waals surface area contributed by atoms with Gasteiger partial charge in [-0.2, -0.15) is 0 Å². The number of hydrogen-bond acceptors (Lipinski definition) is 4. The van der Waals surface area contributed by atoms with Crippen LogP contribution in [0.5, 0.6) is 0 Å². The third-order valence-electron chi connectivity index (χ3n) is 3.35. The lowest BCUT2D eigenvalue weighted by Crippen LogP contribution is -2.53. The average Bonchev–Trinajstić information content (AvgIpc) is 2.87. The van der Waals surface area contributed by atoms with Crippen molar-refractivity contribution in [2.75, 3.05) is 26.2 Å². The molecule has 2 rings (SSSR count). The Kier molecular flexibility index (Phi) is 4.79. The van der Waals surface area contributed by atoms with Gasteiger partial charge < -0.3 is 19.5 Å². The number of carbonyl (C=O) groups excluding carboxylic acids is 2. The van der Waals surface area contributed by atoms with Gasteiger partial charge in [-0.05, 0) is 25.6 Å². The van der Waals surface area contributed by atoms with Crippen LogP contribution in [-0.4, -0.2) is 47.8 Å². The van der Waals surface area contributed by atoms with Crippen LogP contribution in [-0.2, 0) is 22.7 Å². The summed E-state index contributed by atoms with van der Waals surface area (Å²) in [5.74, 6) is 1.51. The molecule has 1 aliphatic heterocycles. The van der Waals surface area contributed by atoms with Gasteiger partial charge >= 0.3 is 0 Å². The smallest absolute Gasteiger partial charge is 0.243 e. The highest BCUT2D eigenvalue weighted by atomic mass is 16.3. The van der Waals surface area contributed by atoms with Crippen molar-refractivity contribution >= 4 is 11.8 Å². The number of piperazine rings is 1. The van der Waals surface area contributed by atoms with Crippen LogP contribution in [0.25, 0.3) is 0 Å². The SMILES string of the molecule is CCNCc1ccc(CN2CC(=O)N(CC)CC2=O)o1. The topological polar surface area (TPSA) is 65.8 Å². The minimum absolute atomic E-state index is 0.00784. The molecule has 0 aliphatic carbocycles. The highest BCUT2D eigenvalue weighted by Crippen LogP contribution is 2.13. The normalized spacial score (nSPS) is 16.1. The molecule has 0 unspecified atom stereocenters. The maximum atomic E-state index is 12.0. The van der Waals surface area contributed by atoms with Gasteiger partial charge in [-0.15, -0.1) is 0 Å². The van der Waals surface area contributed by atoms with E-state index in [0.717, 1.165) is 12.3 Å². The number of nitrogens with one attached hydrogen (secondary N) is 1. The van der Waals surface area contributed by atoms with Crippen molar-refractivity contribution in [3.63, 3.8) is 0 Å². The number of furan rings is 1. The molecule has 0 saturated carbocycles. The van der Waals surface area contributed by atoms with Crippen molar-refractivity contribution in [1.29, 1.82) is 0 Å². The fourth-order valence-electron chi connectivity index (χ4n) is 2.17. The Labute approximate surface area is 118 Å². The molecule has 0 radical (unpaired) electrons. The number of likely N-dealkylation sites (N-methyl/N-ethyl adjacent to an activating group) is 1. The third-order valence-corrected chi connectivity index (χ3v) is 3.35. The third kappa shape index (κ3) is 3.39. The Morgan fingerprint density at radius 2 is 1.75 bits per heavy atom. The summed E-state index contributed by atoms with van der Waals surface area (Å²) in [6.45, 7) is 6.69. The van der Waals surface area contributed by atoms with E-state index in [0.29, 0.717) is 25.4 Å². The van der Waals surface area contributed by atoms with E-state index in [-0.39, 0.29) is 24.9 Å².